The Hall–Kier alpha value is -2.75. The Kier molecular flexibility index (Phi) is 5.98. The number of amides is 1. The number of alkyl halides is 3. The van der Waals surface area contributed by atoms with Gasteiger partial charge in [-0.2, -0.15) is 18.3 Å². The first-order valence-corrected chi connectivity index (χ1v) is 9.53. The minimum atomic E-state index is -4.63. The molecule has 2 N–H and O–H groups in total. The van der Waals surface area contributed by atoms with Crippen molar-refractivity contribution >= 4 is 35.8 Å². The molecule has 1 atom stereocenters. The molecular formula is C19H20ClF3N6O. The number of allylic oxidation sites excluding steroid dienone is 3. The number of carbonyl (C=O) groups is 1. The van der Waals surface area contributed by atoms with Crippen molar-refractivity contribution in [2.75, 3.05) is 12.0 Å². The van der Waals surface area contributed by atoms with Crippen LogP contribution in [0.1, 0.15) is 30.4 Å². The first kappa shape index (κ1) is 21.9. The molecule has 11 heteroatoms. The van der Waals surface area contributed by atoms with E-state index in [1.54, 1.807) is 6.92 Å². The van der Waals surface area contributed by atoms with Crippen molar-refractivity contribution in [3.05, 3.63) is 39.8 Å². The van der Waals surface area contributed by atoms with E-state index in [0.29, 0.717) is 23.8 Å². The number of halogens is 4. The third-order valence-corrected chi connectivity index (χ3v) is 5.71. The molecule has 0 bridgehead atoms. The maximum Gasteiger partial charge on any atom is 0.417 e. The van der Waals surface area contributed by atoms with Crippen LogP contribution in [0.4, 0.5) is 19.0 Å². The largest absolute Gasteiger partial charge is 0.417 e. The fourth-order valence-electron chi connectivity index (χ4n) is 3.58. The maximum absolute atomic E-state index is 13.3. The molecule has 1 aromatic heterocycles. The van der Waals surface area contributed by atoms with Gasteiger partial charge in [-0.3, -0.25) is 10.2 Å². The zero-order chi connectivity index (χ0) is 22.1. The van der Waals surface area contributed by atoms with Crippen LogP contribution in [0.5, 0.6) is 0 Å². The van der Waals surface area contributed by atoms with Crippen molar-refractivity contribution in [3.63, 3.8) is 0 Å². The quantitative estimate of drug-likeness (QED) is 0.551. The molecule has 30 heavy (non-hydrogen) atoms. The highest BCUT2D eigenvalue weighted by atomic mass is 35.5. The number of aryl methyl sites for hydroxylation is 1. The van der Waals surface area contributed by atoms with Crippen molar-refractivity contribution in [1.82, 2.24) is 14.9 Å². The molecule has 2 heterocycles. The number of carbonyl (C=O) groups excluding carboxylic acids is 1. The predicted molar refractivity (Wildman–Crippen MR) is 108 cm³/mol. The number of hydrogen-bond donors (Lipinski definition) is 2. The second-order valence-electron chi connectivity index (χ2n) is 7.24. The zero-order valence-electron chi connectivity index (χ0n) is 16.3. The number of hydrogen-bond acceptors (Lipinski definition) is 6. The summed E-state index contributed by atoms with van der Waals surface area (Å²) < 4.78 is 39.9. The molecule has 0 aromatic carbocycles. The topological polar surface area (TPSA) is 94.3 Å². The van der Waals surface area contributed by atoms with Gasteiger partial charge in [-0.15, -0.1) is 0 Å². The number of anilines is 1. The lowest BCUT2D eigenvalue weighted by molar-refractivity contribution is -0.140. The number of aromatic nitrogens is 2. The van der Waals surface area contributed by atoms with E-state index in [2.05, 4.69) is 20.5 Å². The standard InChI is InChI=1S/C19H20ClF3N6O/c1-11-26-14-10-29(9-5-12(14)16(27-11)28-25-8-7-24)17(30)18(2)6-3-4-13(15(18)20)19(21,22)23/h3-4,7-8,24H,5-6,9-10H2,1-2H3,(H,26,27,28)/b24-7?,25-8-. The second-order valence-corrected chi connectivity index (χ2v) is 7.62. The van der Waals surface area contributed by atoms with Gasteiger partial charge in [-0.25, -0.2) is 9.97 Å². The monoisotopic (exact) mass is 440 g/mol. The summed E-state index contributed by atoms with van der Waals surface area (Å²) in [5, 5.41) is 10.3. The molecule has 3 rings (SSSR count). The summed E-state index contributed by atoms with van der Waals surface area (Å²) >= 11 is 6.10. The summed E-state index contributed by atoms with van der Waals surface area (Å²) in [5.41, 5.74) is 1.66. The molecule has 0 fully saturated rings. The molecule has 1 aliphatic carbocycles. The lowest BCUT2D eigenvalue weighted by Gasteiger charge is -2.38. The fourth-order valence-corrected chi connectivity index (χ4v) is 3.91. The fraction of sp³-hybridized carbons (Fsp3) is 0.421. The Morgan fingerprint density at radius 3 is 2.83 bits per heavy atom. The minimum Gasteiger partial charge on any atom is -0.336 e. The Morgan fingerprint density at radius 1 is 1.43 bits per heavy atom. The summed E-state index contributed by atoms with van der Waals surface area (Å²) in [5.74, 6) is 0.461. The summed E-state index contributed by atoms with van der Waals surface area (Å²) in [6.07, 6.45) is 0.384. The molecule has 1 aromatic rings. The summed E-state index contributed by atoms with van der Waals surface area (Å²) in [4.78, 5) is 23.4. The Morgan fingerprint density at radius 2 is 2.17 bits per heavy atom. The molecule has 0 spiro atoms. The van der Waals surface area contributed by atoms with E-state index in [1.807, 2.05) is 0 Å². The van der Waals surface area contributed by atoms with Crippen molar-refractivity contribution in [2.24, 2.45) is 10.5 Å². The maximum atomic E-state index is 13.3. The molecule has 7 nitrogen and oxygen atoms in total. The Bertz CT molecular complexity index is 972. The van der Waals surface area contributed by atoms with E-state index in [1.165, 1.54) is 24.1 Å². The van der Waals surface area contributed by atoms with Crippen LogP contribution < -0.4 is 5.43 Å². The summed E-state index contributed by atoms with van der Waals surface area (Å²) in [6.45, 7) is 3.54. The number of hydrazone groups is 1. The van der Waals surface area contributed by atoms with Crippen LogP contribution in [0.2, 0.25) is 0 Å². The SMILES string of the molecule is Cc1nc2c(c(N/N=C\C=N)n1)CCN(C(=O)C1(C)CC=CC(C(F)(F)F)=C1Cl)C2. The van der Waals surface area contributed by atoms with Crippen LogP contribution in [-0.4, -0.2) is 45.9 Å². The van der Waals surface area contributed by atoms with Crippen molar-refractivity contribution < 1.29 is 18.0 Å². The van der Waals surface area contributed by atoms with Crippen LogP contribution in [-0.2, 0) is 17.8 Å². The highest BCUT2D eigenvalue weighted by Gasteiger charge is 2.47. The van der Waals surface area contributed by atoms with Gasteiger partial charge in [0, 0.05) is 23.4 Å². The molecule has 1 unspecified atom stereocenters. The zero-order valence-corrected chi connectivity index (χ0v) is 17.1. The number of rotatable bonds is 4. The molecule has 0 saturated heterocycles. The van der Waals surface area contributed by atoms with Gasteiger partial charge < -0.3 is 10.3 Å². The van der Waals surface area contributed by atoms with Crippen LogP contribution in [0.3, 0.4) is 0 Å². The van der Waals surface area contributed by atoms with Gasteiger partial charge in [0.05, 0.1) is 29.4 Å². The molecule has 160 valence electrons. The van der Waals surface area contributed by atoms with E-state index >= 15 is 0 Å². The molecule has 0 saturated carbocycles. The summed E-state index contributed by atoms with van der Waals surface area (Å²) in [6, 6.07) is 0. The third kappa shape index (κ3) is 4.09. The van der Waals surface area contributed by atoms with Gasteiger partial charge in [0.15, 0.2) is 5.82 Å². The average molecular weight is 441 g/mol. The normalized spacial score (nSPS) is 21.7. The average Bonchev–Trinajstić information content (AvgIpc) is 2.68. The number of nitrogens with zero attached hydrogens (tertiary/aromatic N) is 4. The minimum absolute atomic E-state index is 0.0849. The lowest BCUT2D eigenvalue weighted by atomic mass is 9.79. The second kappa shape index (κ2) is 8.17. The van der Waals surface area contributed by atoms with Crippen LogP contribution >= 0.6 is 11.6 Å². The van der Waals surface area contributed by atoms with Gasteiger partial charge in [0.25, 0.3) is 0 Å². The van der Waals surface area contributed by atoms with Crippen LogP contribution in [0.15, 0.2) is 27.9 Å². The van der Waals surface area contributed by atoms with Crippen molar-refractivity contribution in [3.8, 4) is 0 Å². The van der Waals surface area contributed by atoms with Gasteiger partial charge in [-0.05, 0) is 26.7 Å². The lowest BCUT2D eigenvalue weighted by Crippen LogP contribution is -2.46. The Balaban J connectivity index is 1.89. The first-order valence-electron chi connectivity index (χ1n) is 9.16. The number of fused-ring (bicyclic) bond motifs is 1. The van der Waals surface area contributed by atoms with Gasteiger partial charge in [-0.1, -0.05) is 23.8 Å². The van der Waals surface area contributed by atoms with E-state index in [9.17, 15) is 18.0 Å². The molecule has 1 amide bonds. The van der Waals surface area contributed by atoms with Crippen molar-refractivity contribution in [2.45, 2.75) is 39.4 Å². The molecule has 2 aliphatic rings. The molecule has 1 aliphatic heterocycles. The van der Waals surface area contributed by atoms with E-state index in [-0.39, 0.29) is 19.5 Å². The number of nitrogens with one attached hydrogen (secondary N) is 2. The van der Waals surface area contributed by atoms with E-state index in [0.717, 1.165) is 17.9 Å². The van der Waals surface area contributed by atoms with E-state index in [4.69, 9.17) is 17.0 Å². The highest BCUT2D eigenvalue weighted by molar-refractivity contribution is 6.33. The van der Waals surface area contributed by atoms with Crippen molar-refractivity contribution in [1.29, 1.82) is 5.41 Å². The highest BCUT2D eigenvalue weighted by Crippen LogP contribution is 2.46. The van der Waals surface area contributed by atoms with Gasteiger partial charge in [0.1, 0.15) is 5.82 Å². The predicted octanol–water partition coefficient (Wildman–Crippen LogP) is 3.74. The van der Waals surface area contributed by atoms with E-state index < -0.39 is 28.1 Å². The third-order valence-electron chi connectivity index (χ3n) is 5.09. The molecular weight excluding hydrogens is 421 g/mol. The van der Waals surface area contributed by atoms with Gasteiger partial charge in [0.2, 0.25) is 5.91 Å². The van der Waals surface area contributed by atoms with Crippen LogP contribution in [0.25, 0.3) is 0 Å². The smallest absolute Gasteiger partial charge is 0.336 e. The Labute approximate surface area is 176 Å². The van der Waals surface area contributed by atoms with Gasteiger partial charge >= 0.3 is 6.18 Å². The van der Waals surface area contributed by atoms with Crippen LogP contribution in [0, 0.1) is 17.7 Å². The summed E-state index contributed by atoms with van der Waals surface area (Å²) in [7, 11) is 0. The first-order chi connectivity index (χ1) is 14.1. The molecule has 0 radical (unpaired) electrons.